The highest BCUT2D eigenvalue weighted by Gasteiger charge is 2.17. The number of hydrogen-bond donors (Lipinski definition) is 0. The van der Waals surface area contributed by atoms with Gasteiger partial charge in [0.1, 0.15) is 0 Å². The van der Waals surface area contributed by atoms with Crippen LogP contribution in [0.15, 0.2) is 91.0 Å². The number of pyridine rings is 1. The van der Waals surface area contributed by atoms with Gasteiger partial charge in [0.2, 0.25) is 0 Å². The fraction of sp³-hybridized carbons (Fsp3) is 0.0400. The molecule has 0 aliphatic rings. The van der Waals surface area contributed by atoms with E-state index in [4.69, 9.17) is 21.7 Å². The summed E-state index contributed by atoms with van der Waals surface area (Å²) in [7, 11) is 0. The largest absolute Gasteiger partial charge is 0.228 e. The van der Waals surface area contributed by atoms with Crippen molar-refractivity contribution in [3.8, 4) is 28.1 Å². The van der Waals surface area contributed by atoms with Gasteiger partial charge < -0.3 is 0 Å². The first kappa shape index (κ1) is 17.7. The first-order valence-corrected chi connectivity index (χ1v) is 9.86. The van der Waals surface area contributed by atoms with E-state index in [1.165, 1.54) is 0 Å². The van der Waals surface area contributed by atoms with Crippen LogP contribution in [-0.4, -0.2) is 14.8 Å². The minimum Gasteiger partial charge on any atom is -0.228 e. The second-order valence-corrected chi connectivity index (χ2v) is 7.40. The van der Waals surface area contributed by atoms with Crippen LogP contribution in [0.3, 0.4) is 0 Å². The molecule has 3 aromatic carbocycles. The van der Waals surface area contributed by atoms with E-state index in [9.17, 15) is 0 Å². The Labute approximate surface area is 174 Å². The van der Waals surface area contributed by atoms with Crippen molar-refractivity contribution in [1.29, 1.82) is 0 Å². The van der Waals surface area contributed by atoms with Gasteiger partial charge in [0.15, 0.2) is 5.65 Å². The molecule has 0 aliphatic carbocycles. The highest BCUT2D eigenvalue weighted by Crippen LogP contribution is 2.35. The molecule has 140 valence electrons. The minimum atomic E-state index is 0.711. The first-order chi connectivity index (χ1) is 14.2. The molecule has 0 aliphatic heterocycles. The number of aromatic nitrogens is 3. The summed E-state index contributed by atoms with van der Waals surface area (Å²) in [5, 5.41) is 6.61. The van der Waals surface area contributed by atoms with Crippen molar-refractivity contribution in [2.45, 2.75) is 6.92 Å². The van der Waals surface area contributed by atoms with E-state index in [0.717, 1.165) is 44.8 Å². The lowest BCUT2D eigenvalue weighted by molar-refractivity contribution is 0.878. The Balaban J connectivity index is 1.85. The minimum absolute atomic E-state index is 0.711. The number of fused-ring (bicyclic) bond motifs is 1. The van der Waals surface area contributed by atoms with Gasteiger partial charge >= 0.3 is 0 Å². The average Bonchev–Trinajstić information content (AvgIpc) is 3.11. The monoisotopic (exact) mass is 395 g/mol. The molecule has 2 heterocycles. The van der Waals surface area contributed by atoms with Gasteiger partial charge in [-0.25, -0.2) is 9.67 Å². The molecule has 0 bridgehead atoms. The van der Waals surface area contributed by atoms with E-state index in [2.05, 4.69) is 30.3 Å². The number of nitrogens with zero attached hydrogens (tertiary/aromatic N) is 3. The van der Waals surface area contributed by atoms with Gasteiger partial charge in [-0.1, -0.05) is 72.3 Å². The predicted octanol–water partition coefficient (Wildman–Crippen LogP) is 6.72. The second-order valence-electron chi connectivity index (χ2n) is 6.96. The molecule has 0 N–H and O–H groups in total. The van der Waals surface area contributed by atoms with Crippen molar-refractivity contribution in [3.63, 3.8) is 0 Å². The van der Waals surface area contributed by atoms with Crippen LogP contribution < -0.4 is 0 Å². The van der Waals surface area contributed by atoms with Crippen molar-refractivity contribution in [2.75, 3.05) is 0 Å². The van der Waals surface area contributed by atoms with Gasteiger partial charge in [-0.15, -0.1) is 0 Å². The van der Waals surface area contributed by atoms with Crippen molar-refractivity contribution < 1.29 is 0 Å². The van der Waals surface area contributed by atoms with Gasteiger partial charge in [0.25, 0.3) is 0 Å². The standard InChI is InChI=1S/C25H18ClN3/c1-17-24-22(18-8-4-2-5-9-18)16-23(19-12-14-20(26)15-13-19)27-25(24)29(28-17)21-10-6-3-7-11-21/h2-16H,1H3. The lowest BCUT2D eigenvalue weighted by Crippen LogP contribution is -1.98. The van der Waals surface area contributed by atoms with Crippen LogP contribution in [0.4, 0.5) is 0 Å². The Morgan fingerprint density at radius 1 is 0.759 bits per heavy atom. The summed E-state index contributed by atoms with van der Waals surface area (Å²) in [6, 6.07) is 30.4. The maximum Gasteiger partial charge on any atom is 0.164 e. The molecule has 0 amide bonds. The molecule has 0 saturated heterocycles. The maximum absolute atomic E-state index is 6.10. The lowest BCUT2D eigenvalue weighted by Gasteiger charge is -2.10. The summed E-state index contributed by atoms with van der Waals surface area (Å²) in [5.74, 6) is 0. The Morgan fingerprint density at radius 2 is 1.41 bits per heavy atom. The SMILES string of the molecule is Cc1nn(-c2ccccc2)c2nc(-c3ccc(Cl)cc3)cc(-c3ccccc3)c12. The zero-order chi connectivity index (χ0) is 19.8. The molecular formula is C25H18ClN3. The second kappa shape index (κ2) is 7.19. The van der Waals surface area contributed by atoms with Crippen LogP contribution in [0.25, 0.3) is 39.1 Å². The van der Waals surface area contributed by atoms with Crippen molar-refractivity contribution in [1.82, 2.24) is 14.8 Å². The van der Waals surface area contributed by atoms with Crippen molar-refractivity contribution >= 4 is 22.6 Å². The number of benzene rings is 3. The van der Waals surface area contributed by atoms with E-state index in [1.54, 1.807) is 0 Å². The summed E-state index contributed by atoms with van der Waals surface area (Å²) in [6.45, 7) is 2.04. The summed E-state index contributed by atoms with van der Waals surface area (Å²) in [6.07, 6.45) is 0. The number of aryl methyl sites for hydroxylation is 1. The molecule has 29 heavy (non-hydrogen) atoms. The molecule has 0 fully saturated rings. The normalized spacial score (nSPS) is 11.1. The van der Waals surface area contributed by atoms with Gasteiger partial charge in [-0.2, -0.15) is 5.10 Å². The van der Waals surface area contributed by atoms with Crippen LogP contribution in [0, 0.1) is 6.92 Å². The Morgan fingerprint density at radius 3 is 2.10 bits per heavy atom. The summed E-state index contributed by atoms with van der Waals surface area (Å²) in [5.41, 5.74) is 6.98. The fourth-order valence-corrected chi connectivity index (χ4v) is 3.78. The van der Waals surface area contributed by atoms with Crippen LogP contribution in [0.2, 0.25) is 5.02 Å². The summed E-state index contributed by atoms with van der Waals surface area (Å²) >= 11 is 6.10. The van der Waals surface area contributed by atoms with Crippen LogP contribution in [0.5, 0.6) is 0 Å². The molecular weight excluding hydrogens is 378 g/mol. The number of hydrogen-bond acceptors (Lipinski definition) is 2. The first-order valence-electron chi connectivity index (χ1n) is 9.48. The third-order valence-corrected chi connectivity index (χ3v) is 5.29. The molecule has 0 spiro atoms. The maximum atomic E-state index is 6.10. The highest BCUT2D eigenvalue weighted by atomic mass is 35.5. The van der Waals surface area contributed by atoms with E-state index in [1.807, 2.05) is 72.3 Å². The smallest absolute Gasteiger partial charge is 0.164 e. The fourth-order valence-electron chi connectivity index (χ4n) is 3.65. The molecule has 0 atom stereocenters. The van der Waals surface area contributed by atoms with Crippen molar-refractivity contribution in [2.24, 2.45) is 0 Å². The highest BCUT2D eigenvalue weighted by molar-refractivity contribution is 6.30. The molecule has 3 nitrogen and oxygen atoms in total. The van der Waals surface area contributed by atoms with Gasteiger partial charge in [0, 0.05) is 10.6 Å². The van der Waals surface area contributed by atoms with Gasteiger partial charge in [-0.05, 0) is 48.4 Å². The quantitative estimate of drug-likeness (QED) is 0.339. The zero-order valence-electron chi connectivity index (χ0n) is 15.9. The molecule has 0 radical (unpaired) electrons. The third kappa shape index (κ3) is 3.20. The Kier molecular flexibility index (Phi) is 4.38. The van der Waals surface area contributed by atoms with Gasteiger partial charge in [0.05, 0.1) is 22.5 Å². The van der Waals surface area contributed by atoms with Crippen LogP contribution >= 0.6 is 11.6 Å². The zero-order valence-corrected chi connectivity index (χ0v) is 16.6. The van der Waals surface area contributed by atoms with Crippen LogP contribution in [0.1, 0.15) is 5.69 Å². The van der Waals surface area contributed by atoms with E-state index in [-0.39, 0.29) is 0 Å². The molecule has 5 aromatic rings. The number of para-hydroxylation sites is 1. The van der Waals surface area contributed by atoms with Crippen LogP contribution in [-0.2, 0) is 0 Å². The summed E-state index contributed by atoms with van der Waals surface area (Å²) < 4.78 is 1.93. The molecule has 0 saturated carbocycles. The molecule has 4 heteroatoms. The topological polar surface area (TPSA) is 30.7 Å². The number of halogens is 1. The molecule has 2 aromatic heterocycles. The van der Waals surface area contributed by atoms with E-state index >= 15 is 0 Å². The number of rotatable bonds is 3. The predicted molar refractivity (Wildman–Crippen MR) is 119 cm³/mol. The third-order valence-electron chi connectivity index (χ3n) is 5.04. The average molecular weight is 396 g/mol. The molecule has 5 rings (SSSR count). The summed E-state index contributed by atoms with van der Waals surface area (Å²) in [4.78, 5) is 5.02. The van der Waals surface area contributed by atoms with E-state index in [0.29, 0.717) is 5.02 Å². The Hall–Kier alpha value is -3.43. The lowest BCUT2D eigenvalue weighted by atomic mass is 9.99. The van der Waals surface area contributed by atoms with E-state index < -0.39 is 0 Å². The molecule has 0 unspecified atom stereocenters. The van der Waals surface area contributed by atoms with Gasteiger partial charge in [-0.3, -0.25) is 0 Å². The van der Waals surface area contributed by atoms with Crippen molar-refractivity contribution in [3.05, 3.63) is 102 Å². The Bertz CT molecular complexity index is 1290.